The molecule has 0 saturated heterocycles. The molecule has 0 aromatic rings. The van der Waals surface area contributed by atoms with Crippen LogP contribution in [0.4, 0.5) is 0 Å². The van der Waals surface area contributed by atoms with Crippen LogP contribution in [0.2, 0.25) is 0 Å². The van der Waals surface area contributed by atoms with Crippen LogP contribution in [0.15, 0.2) is 9.98 Å². The minimum atomic E-state index is -0.945. The number of nitrogens with zero attached hydrogens (tertiary/aromatic N) is 2. The predicted molar refractivity (Wildman–Crippen MR) is 59.9 cm³/mol. The maximum absolute atomic E-state index is 6.14. The molecule has 1 fully saturated rings. The van der Waals surface area contributed by atoms with Crippen molar-refractivity contribution in [2.75, 3.05) is 0 Å². The highest BCUT2D eigenvalue weighted by molar-refractivity contribution is 5.98. The van der Waals surface area contributed by atoms with Crippen LogP contribution in [0.25, 0.3) is 0 Å². The number of aliphatic imine (C=N–C) groups is 2. The van der Waals surface area contributed by atoms with E-state index in [-0.39, 0.29) is 17.8 Å². The van der Waals surface area contributed by atoms with Gasteiger partial charge in [0.1, 0.15) is 0 Å². The summed E-state index contributed by atoms with van der Waals surface area (Å²) in [6.07, 6.45) is 5.72. The second-order valence-corrected chi connectivity index (χ2v) is 4.24. The number of rotatable bonds is 1. The molecule has 0 radical (unpaired) electrons. The van der Waals surface area contributed by atoms with Gasteiger partial charge in [-0.15, -0.1) is 0 Å². The topological polar surface area (TPSA) is 115 Å². The Morgan fingerprint density at radius 2 is 1.60 bits per heavy atom. The molecule has 1 saturated carbocycles. The van der Waals surface area contributed by atoms with Crippen molar-refractivity contribution in [2.45, 2.75) is 37.9 Å². The van der Waals surface area contributed by atoms with Gasteiger partial charge in [-0.2, -0.15) is 0 Å². The average Bonchev–Trinajstić information content (AvgIpc) is 2.17. The van der Waals surface area contributed by atoms with E-state index in [2.05, 4.69) is 15.3 Å². The second-order valence-electron chi connectivity index (χ2n) is 4.24. The highest BCUT2D eigenvalue weighted by atomic mass is 15.4. The van der Waals surface area contributed by atoms with E-state index in [0.717, 1.165) is 12.8 Å². The number of nitrogens with one attached hydrogen (secondary N) is 1. The van der Waals surface area contributed by atoms with Gasteiger partial charge < -0.3 is 11.5 Å². The van der Waals surface area contributed by atoms with Gasteiger partial charge in [0.2, 0.25) is 5.79 Å². The first-order valence-electron chi connectivity index (χ1n) is 5.37. The average molecular weight is 210 g/mol. The van der Waals surface area contributed by atoms with Crippen LogP contribution in [0.5, 0.6) is 0 Å². The fraction of sp³-hybridized carbons (Fsp3) is 0.778. The summed E-state index contributed by atoms with van der Waals surface area (Å²) in [4.78, 5) is 8.36. The van der Waals surface area contributed by atoms with Gasteiger partial charge in [0.05, 0.1) is 0 Å². The fourth-order valence-corrected chi connectivity index (χ4v) is 2.31. The Hall–Kier alpha value is -1.30. The summed E-state index contributed by atoms with van der Waals surface area (Å²) < 4.78 is 0. The summed E-state index contributed by atoms with van der Waals surface area (Å²) in [5.41, 5.74) is 17.4. The maximum Gasteiger partial charge on any atom is 0.212 e. The molecule has 0 spiro atoms. The molecule has 6 heteroatoms. The van der Waals surface area contributed by atoms with E-state index in [1.165, 1.54) is 19.3 Å². The minimum Gasteiger partial charge on any atom is -0.370 e. The van der Waals surface area contributed by atoms with Crippen molar-refractivity contribution in [3.8, 4) is 0 Å². The van der Waals surface area contributed by atoms with Crippen LogP contribution in [0, 0.1) is 5.92 Å². The number of guanidine groups is 2. The van der Waals surface area contributed by atoms with E-state index in [1.807, 2.05) is 0 Å². The van der Waals surface area contributed by atoms with Crippen molar-refractivity contribution < 1.29 is 0 Å². The van der Waals surface area contributed by atoms with Crippen molar-refractivity contribution in [3.63, 3.8) is 0 Å². The van der Waals surface area contributed by atoms with Crippen molar-refractivity contribution in [1.29, 1.82) is 0 Å². The van der Waals surface area contributed by atoms with Gasteiger partial charge in [-0.25, -0.2) is 9.98 Å². The highest BCUT2D eigenvalue weighted by Gasteiger charge is 2.37. The van der Waals surface area contributed by atoms with E-state index in [9.17, 15) is 0 Å². The third-order valence-corrected chi connectivity index (χ3v) is 3.06. The van der Waals surface area contributed by atoms with Gasteiger partial charge >= 0.3 is 0 Å². The molecule has 15 heavy (non-hydrogen) atoms. The molecule has 2 rings (SSSR count). The van der Waals surface area contributed by atoms with Crippen LogP contribution in [-0.2, 0) is 0 Å². The monoisotopic (exact) mass is 210 g/mol. The van der Waals surface area contributed by atoms with E-state index >= 15 is 0 Å². The molecule has 7 N–H and O–H groups in total. The van der Waals surface area contributed by atoms with E-state index in [0.29, 0.717) is 0 Å². The second kappa shape index (κ2) is 3.69. The van der Waals surface area contributed by atoms with Gasteiger partial charge in [-0.05, 0) is 12.8 Å². The van der Waals surface area contributed by atoms with Gasteiger partial charge in [-0.1, -0.05) is 19.3 Å². The third kappa shape index (κ3) is 2.04. The van der Waals surface area contributed by atoms with Gasteiger partial charge in [0.15, 0.2) is 11.9 Å². The Bertz CT molecular complexity index is 284. The first-order chi connectivity index (χ1) is 7.10. The quantitative estimate of drug-likeness (QED) is 0.463. The Morgan fingerprint density at radius 3 is 2.13 bits per heavy atom. The lowest BCUT2D eigenvalue weighted by molar-refractivity contribution is 0.218. The number of nitrogens with two attached hydrogens (primary N) is 3. The summed E-state index contributed by atoms with van der Waals surface area (Å²) in [6.45, 7) is 0. The fourth-order valence-electron chi connectivity index (χ4n) is 2.31. The standard InChI is InChI=1S/C9H18N6/c10-7-13-8(11)15-9(12,14-7)6-4-2-1-3-5-6/h6H,1-5,12H2,(H5,10,11,13,14,15). The Balaban J connectivity index is 2.19. The lowest BCUT2D eigenvalue weighted by Gasteiger charge is -2.35. The molecule has 0 aromatic carbocycles. The zero-order valence-electron chi connectivity index (χ0n) is 8.74. The molecule has 0 atom stereocenters. The van der Waals surface area contributed by atoms with Crippen molar-refractivity contribution in [3.05, 3.63) is 0 Å². The molecule has 84 valence electrons. The normalized spacial score (nSPS) is 26.5. The number of hydrogen-bond donors (Lipinski definition) is 4. The predicted octanol–water partition coefficient (Wildman–Crippen LogP) is -0.588. The van der Waals surface area contributed by atoms with Gasteiger partial charge in [0, 0.05) is 5.92 Å². The van der Waals surface area contributed by atoms with Crippen LogP contribution < -0.4 is 22.5 Å². The van der Waals surface area contributed by atoms with Crippen LogP contribution >= 0.6 is 0 Å². The third-order valence-electron chi connectivity index (χ3n) is 3.06. The molecule has 0 aromatic heterocycles. The first-order valence-corrected chi connectivity index (χ1v) is 5.37. The molecule has 6 nitrogen and oxygen atoms in total. The number of hydrogen-bond acceptors (Lipinski definition) is 6. The molecule has 1 aliphatic carbocycles. The molecule has 0 bridgehead atoms. The largest absolute Gasteiger partial charge is 0.370 e. The van der Waals surface area contributed by atoms with Crippen LogP contribution in [-0.4, -0.2) is 17.7 Å². The molecular formula is C9H18N6. The van der Waals surface area contributed by atoms with Crippen LogP contribution in [0.3, 0.4) is 0 Å². The van der Waals surface area contributed by atoms with Crippen LogP contribution in [0.1, 0.15) is 32.1 Å². The molecule has 2 aliphatic rings. The Kier molecular flexibility index (Phi) is 2.52. The smallest absolute Gasteiger partial charge is 0.212 e. The summed E-state index contributed by atoms with van der Waals surface area (Å²) in [5, 5.41) is 2.65. The SMILES string of the molecule is NC1=NC(N)(C2CCCCC2)N=C(N)N1. The van der Waals surface area contributed by atoms with E-state index < -0.39 is 5.79 Å². The summed E-state index contributed by atoms with van der Waals surface area (Å²) in [5.74, 6) is -0.170. The molecule has 1 aliphatic heterocycles. The molecule has 0 unspecified atom stereocenters. The first kappa shape index (κ1) is 10.2. The Labute approximate surface area is 89.0 Å². The van der Waals surface area contributed by atoms with Gasteiger partial charge in [-0.3, -0.25) is 11.1 Å². The molecule has 1 heterocycles. The lowest BCUT2D eigenvalue weighted by atomic mass is 9.84. The molecule has 0 amide bonds. The van der Waals surface area contributed by atoms with Crippen molar-refractivity contribution in [2.24, 2.45) is 33.1 Å². The lowest BCUT2D eigenvalue weighted by Crippen LogP contribution is -2.56. The minimum absolute atomic E-state index is 0.255. The zero-order valence-corrected chi connectivity index (χ0v) is 8.74. The maximum atomic E-state index is 6.14. The van der Waals surface area contributed by atoms with Crippen molar-refractivity contribution >= 4 is 11.9 Å². The van der Waals surface area contributed by atoms with E-state index in [1.54, 1.807) is 0 Å². The van der Waals surface area contributed by atoms with Gasteiger partial charge in [0.25, 0.3) is 0 Å². The summed E-state index contributed by atoms with van der Waals surface area (Å²) >= 11 is 0. The molecular weight excluding hydrogens is 192 g/mol. The Morgan fingerprint density at radius 1 is 1.07 bits per heavy atom. The summed E-state index contributed by atoms with van der Waals surface area (Å²) in [6, 6.07) is 0. The summed E-state index contributed by atoms with van der Waals surface area (Å²) in [7, 11) is 0. The van der Waals surface area contributed by atoms with Crippen molar-refractivity contribution in [1.82, 2.24) is 5.32 Å². The zero-order chi connectivity index (χ0) is 10.9. The highest BCUT2D eigenvalue weighted by Crippen LogP contribution is 2.33. The van der Waals surface area contributed by atoms with E-state index in [4.69, 9.17) is 17.2 Å².